The second-order valence-corrected chi connectivity index (χ2v) is 5.56. The predicted octanol–water partition coefficient (Wildman–Crippen LogP) is 2.11. The topological polar surface area (TPSA) is 78.3 Å². The van der Waals surface area contributed by atoms with Crippen molar-refractivity contribution < 1.29 is 9.90 Å². The number of likely N-dealkylation sites (tertiary alicyclic amines) is 1. The summed E-state index contributed by atoms with van der Waals surface area (Å²) in [5.74, 6) is 0.697. The molecular weight excluding hydrogens is 280 g/mol. The molecule has 6 heteroatoms. The summed E-state index contributed by atoms with van der Waals surface area (Å²) in [4.78, 5) is 22.3. The van der Waals surface area contributed by atoms with Gasteiger partial charge in [0, 0.05) is 11.9 Å². The van der Waals surface area contributed by atoms with E-state index >= 15 is 0 Å². The van der Waals surface area contributed by atoms with Crippen LogP contribution in [0.3, 0.4) is 0 Å². The van der Waals surface area contributed by atoms with E-state index in [2.05, 4.69) is 20.2 Å². The van der Waals surface area contributed by atoms with Gasteiger partial charge in [0.25, 0.3) is 0 Å². The summed E-state index contributed by atoms with van der Waals surface area (Å²) in [7, 11) is 0. The van der Waals surface area contributed by atoms with Gasteiger partial charge in [0.05, 0.1) is 18.5 Å². The molecular formula is C16H20N4O2. The van der Waals surface area contributed by atoms with Crippen molar-refractivity contribution in [3.8, 4) is 0 Å². The predicted molar refractivity (Wildman–Crippen MR) is 84.8 cm³/mol. The highest BCUT2D eigenvalue weighted by atomic mass is 16.4. The molecule has 3 rings (SSSR count). The fraction of sp³-hybridized carbons (Fsp3) is 0.438. The van der Waals surface area contributed by atoms with Crippen LogP contribution < -0.4 is 5.32 Å². The molecule has 6 nitrogen and oxygen atoms in total. The molecule has 1 fully saturated rings. The molecule has 0 bridgehead atoms. The fourth-order valence-electron chi connectivity index (χ4n) is 2.76. The highest BCUT2D eigenvalue weighted by Crippen LogP contribution is 2.21. The standard InChI is InChI=1S/C16H20N4O2/c21-15(22)7-8-17-16-12-5-1-2-6-13(12)18-14(19-16)11-20-9-3-4-10-20/h1-2,5-6H,3-4,7-11H2,(H,21,22)(H,17,18,19). The van der Waals surface area contributed by atoms with Crippen LogP contribution in [0.2, 0.25) is 0 Å². The number of para-hydroxylation sites is 1. The van der Waals surface area contributed by atoms with E-state index in [1.165, 1.54) is 12.8 Å². The van der Waals surface area contributed by atoms with Crippen LogP contribution in [-0.2, 0) is 11.3 Å². The quantitative estimate of drug-likeness (QED) is 0.850. The van der Waals surface area contributed by atoms with Crippen LogP contribution in [0, 0.1) is 0 Å². The van der Waals surface area contributed by atoms with Crippen molar-refractivity contribution in [1.82, 2.24) is 14.9 Å². The van der Waals surface area contributed by atoms with Gasteiger partial charge < -0.3 is 10.4 Å². The minimum Gasteiger partial charge on any atom is -0.481 e. The number of fused-ring (bicyclic) bond motifs is 1. The minimum absolute atomic E-state index is 0.0692. The summed E-state index contributed by atoms with van der Waals surface area (Å²) in [5, 5.41) is 12.8. The number of carbonyl (C=O) groups is 1. The van der Waals surface area contributed by atoms with E-state index in [1.807, 2.05) is 24.3 Å². The van der Waals surface area contributed by atoms with E-state index in [-0.39, 0.29) is 6.42 Å². The van der Waals surface area contributed by atoms with Crippen LogP contribution in [0.5, 0.6) is 0 Å². The molecule has 0 unspecified atom stereocenters. The van der Waals surface area contributed by atoms with E-state index in [0.717, 1.165) is 42.2 Å². The lowest BCUT2D eigenvalue weighted by Gasteiger charge is -2.15. The van der Waals surface area contributed by atoms with Gasteiger partial charge in [0.15, 0.2) is 0 Å². The zero-order valence-corrected chi connectivity index (χ0v) is 12.5. The summed E-state index contributed by atoms with van der Waals surface area (Å²) >= 11 is 0. The molecule has 2 heterocycles. The van der Waals surface area contributed by atoms with Crippen LogP contribution in [0.1, 0.15) is 25.1 Å². The summed E-state index contributed by atoms with van der Waals surface area (Å²) in [6.07, 6.45) is 2.54. The Balaban J connectivity index is 1.84. The molecule has 1 aliphatic heterocycles. The van der Waals surface area contributed by atoms with Gasteiger partial charge >= 0.3 is 5.97 Å². The van der Waals surface area contributed by atoms with E-state index in [9.17, 15) is 4.79 Å². The zero-order valence-electron chi connectivity index (χ0n) is 12.5. The summed E-state index contributed by atoms with van der Waals surface area (Å²) < 4.78 is 0. The van der Waals surface area contributed by atoms with Crippen molar-refractivity contribution in [3.05, 3.63) is 30.1 Å². The molecule has 1 aliphatic rings. The molecule has 2 N–H and O–H groups in total. The van der Waals surface area contributed by atoms with Gasteiger partial charge in [-0.25, -0.2) is 9.97 Å². The number of rotatable bonds is 6. The van der Waals surface area contributed by atoms with Gasteiger partial charge in [-0.2, -0.15) is 0 Å². The molecule has 0 amide bonds. The first kappa shape index (κ1) is 14.7. The Labute approximate surface area is 129 Å². The Morgan fingerprint density at radius 3 is 2.77 bits per heavy atom. The molecule has 1 aromatic carbocycles. The number of carboxylic acid groups (broad SMARTS) is 1. The van der Waals surface area contributed by atoms with Crippen molar-refractivity contribution in [1.29, 1.82) is 0 Å². The molecule has 0 aliphatic carbocycles. The number of anilines is 1. The SMILES string of the molecule is O=C(O)CCNc1nc(CN2CCCC2)nc2ccccc12. The second kappa shape index (κ2) is 6.70. The molecule has 22 heavy (non-hydrogen) atoms. The number of hydrogen-bond donors (Lipinski definition) is 2. The lowest BCUT2D eigenvalue weighted by atomic mass is 10.2. The van der Waals surface area contributed by atoms with Crippen molar-refractivity contribution in [2.24, 2.45) is 0 Å². The average molecular weight is 300 g/mol. The Morgan fingerprint density at radius 1 is 1.23 bits per heavy atom. The van der Waals surface area contributed by atoms with Crippen LogP contribution in [-0.4, -0.2) is 45.6 Å². The van der Waals surface area contributed by atoms with Crippen molar-refractivity contribution in [3.63, 3.8) is 0 Å². The number of aliphatic carboxylic acids is 1. The molecule has 1 saturated heterocycles. The van der Waals surface area contributed by atoms with Gasteiger partial charge in [0.1, 0.15) is 11.6 Å². The third kappa shape index (κ3) is 3.51. The van der Waals surface area contributed by atoms with E-state index in [4.69, 9.17) is 5.11 Å². The maximum atomic E-state index is 10.7. The Bertz CT molecular complexity index is 668. The third-order valence-electron chi connectivity index (χ3n) is 3.84. The summed E-state index contributed by atoms with van der Waals surface area (Å²) in [5.41, 5.74) is 0.893. The Kier molecular flexibility index (Phi) is 4.48. The van der Waals surface area contributed by atoms with Crippen LogP contribution in [0.25, 0.3) is 10.9 Å². The fourth-order valence-corrected chi connectivity index (χ4v) is 2.76. The molecule has 1 aromatic heterocycles. The molecule has 0 spiro atoms. The highest BCUT2D eigenvalue weighted by molar-refractivity contribution is 5.89. The second-order valence-electron chi connectivity index (χ2n) is 5.56. The van der Waals surface area contributed by atoms with Crippen LogP contribution >= 0.6 is 0 Å². The first-order chi connectivity index (χ1) is 10.7. The van der Waals surface area contributed by atoms with Crippen LogP contribution in [0.4, 0.5) is 5.82 Å². The zero-order chi connectivity index (χ0) is 15.4. The van der Waals surface area contributed by atoms with Crippen LogP contribution in [0.15, 0.2) is 24.3 Å². The minimum atomic E-state index is -0.817. The molecule has 2 aromatic rings. The molecule has 116 valence electrons. The number of benzene rings is 1. The highest BCUT2D eigenvalue weighted by Gasteiger charge is 2.15. The number of carboxylic acids is 1. The average Bonchev–Trinajstić information content (AvgIpc) is 3.00. The largest absolute Gasteiger partial charge is 0.481 e. The monoisotopic (exact) mass is 300 g/mol. The van der Waals surface area contributed by atoms with Crippen molar-refractivity contribution in [2.75, 3.05) is 25.0 Å². The van der Waals surface area contributed by atoms with Gasteiger partial charge in [-0.15, -0.1) is 0 Å². The molecule has 0 saturated carbocycles. The molecule has 0 atom stereocenters. The van der Waals surface area contributed by atoms with E-state index in [1.54, 1.807) is 0 Å². The Hall–Kier alpha value is -2.21. The number of hydrogen-bond acceptors (Lipinski definition) is 5. The number of nitrogens with one attached hydrogen (secondary N) is 1. The first-order valence-corrected chi connectivity index (χ1v) is 7.66. The molecule has 0 radical (unpaired) electrons. The first-order valence-electron chi connectivity index (χ1n) is 7.66. The van der Waals surface area contributed by atoms with E-state index in [0.29, 0.717) is 6.54 Å². The van der Waals surface area contributed by atoms with Gasteiger partial charge in [-0.1, -0.05) is 12.1 Å². The summed E-state index contributed by atoms with van der Waals surface area (Å²) in [6.45, 7) is 3.30. The number of nitrogens with zero attached hydrogens (tertiary/aromatic N) is 3. The van der Waals surface area contributed by atoms with Gasteiger partial charge in [0.2, 0.25) is 0 Å². The van der Waals surface area contributed by atoms with E-state index < -0.39 is 5.97 Å². The van der Waals surface area contributed by atoms with Gasteiger partial charge in [-0.05, 0) is 38.1 Å². The maximum Gasteiger partial charge on any atom is 0.305 e. The summed E-state index contributed by atoms with van der Waals surface area (Å²) in [6, 6.07) is 7.81. The lowest BCUT2D eigenvalue weighted by molar-refractivity contribution is -0.136. The van der Waals surface area contributed by atoms with Gasteiger partial charge in [-0.3, -0.25) is 9.69 Å². The number of aromatic nitrogens is 2. The normalized spacial score (nSPS) is 15.3. The third-order valence-corrected chi connectivity index (χ3v) is 3.84. The van der Waals surface area contributed by atoms with Crippen molar-refractivity contribution >= 4 is 22.7 Å². The Morgan fingerprint density at radius 2 is 2.00 bits per heavy atom. The maximum absolute atomic E-state index is 10.7. The lowest BCUT2D eigenvalue weighted by Crippen LogP contribution is -2.20. The van der Waals surface area contributed by atoms with Crippen molar-refractivity contribution in [2.45, 2.75) is 25.8 Å². The smallest absolute Gasteiger partial charge is 0.305 e.